The molecule has 1 aromatic carbocycles. The molecule has 80 valence electrons. The molecule has 0 aliphatic rings. The Morgan fingerprint density at radius 2 is 2.00 bits per heavy atom. The Labute approximate surface area is 91.8 Å². The molecule has 0 radical (unpaired) electrons. The number of hydrogen-bond acceptors (Lipinski definition) is 1. The fraction of sp³-hybridized carbons (Fsp3) is 0.357. The minimum Gasteiger partial charge on any atom is -0.294 e. The van der Waals surface area contributed by atoms with E-state index in [0.29, 0.717) is 12.3 Å². The van der Waals surface area contributed by atoms with Crippen LogP contribution in [0.3, 0.4) is 0 Å². The summed E-state index contributed by atoms with van der Waals surface area (Å²) in [7, 11) is 0. The van der Waals surface area contributed by atoms with E-state index >= 15 is 0 Å². The third kappa shape index (κ3) is 4.11. The lowest BCUT2D eigenvalue weighted by atomic mass is 9.99. The normalized spacial score (nSPS) is 12.9. The molecule has 0 aliphatic carbocycles. The molecule has 0 saturated heterocycles. The molecule has 0 aromatic heterocycles. The fourth-order valence-corrected chi connectivity index (χ4v) is 1.47. The molecule has 1 atom stereocenters. The molecule has 15 heavy (non-hydrogen) atoms. The highest BCUT2D eigenvalue weighted by Gasteiger charge is 2.07. The lowest BCUT2D eigenvalue weighted by molar-refractivity contribution is 0.0972. The van der Waals surface area contributed by atoms with Crippen LogP contribution in [0.5, 0.6) is 0 Å². The van der Waals surface area contributed by atoms with Gasteiger partial charge in [0, 0.05) is 12.0 Å². The van der Waals surface area contributed by atoms with Crippen LogP contribution in [0.15, 0.2) is 42.5 Å². The second-order valence-electron chi connectivity index (χ2n) is 3.81. The summed E-state index contributed by atoms with van der Waals surface area (Å²) in [6.45, 7) is 4.18. The van der Waals surface area contributed by atoms with Gasteiger partial charge in [-0.3, -0.25) is 4.79 Å². The molecule has 0 spiro atoms. The van der Waals surface area contributed by atoms with Gasteiger partial charge in [-0.15, -0.1) is 0 Å². The zero-order chi connectivity index (χ0) is 11.1. The minimum atomic E-state index is 0.226. The molecule has 1 aromatic rings. The Hall–Kier alpha value is -1.37. The van der Waals surface area contributed by atoms with Gasteiger partial charge in [0.15, 0.2) is 5.78 Å². The molecule has 0 bridgehead atoms. The monoisotopic (exact) mass is 202 g/mol. The topological polar surface area (TPSA) is 17.1 Å². The predicted octanol–water partition coefficient (Wildman–Crippen LogP) is 3.86. The number of rotatable bonds is 5. The van der Waals surface area contributed by atoms with Crippen molar-refractivity contribution in [3.05, 3.63) is 48.0 Å². The number of allylic oxidation sites excluding steroid dienone is 2. The predicted molar refractivity (Wildman–Crippen MR) is 64.0 cm³/mol. The average molecular weight is 202 g/mol. The molecule has 0 saturated carbocycles. The van der Waals surface area contributed by atoms with Crippen LogP contribution in [0.1, 0.15) is 37.0 Å². The van der Waals surface area contributed by atoms with Crippen molar-refractivity contribution in [3.8, 4) is 0 Å². The van der Waals surface area contributed by atoms with Crippen molar-refractivity contribution in [2.45, 2.75) is 26.7 Å². The van der Waals surface area contributed by atoms with E-state index in [9.17, 15) is 4.79 Å². The van der Waals surface area contributed by atoms with Gasteiger partial charge in [-0.25, -0.2) is 0 Å². The highest BCUT2D eigenvalue weighted by molar-refractivity contribution is 5.96. The summed E-state index contributed by atoms with van der Waals surface area (Å²) >= 11 is 0. The SMILES string of the molecule is CCC=CC(C)CC(=O)c1ccccc1. The summed E-state index contributed by atoms with van der Waals surface area (Å²) in [6, 6.07) is 9.48. The summed E-state index contributed by atoms with van der Waals surface area (Å²) in [4.78, 5) is 11.8. The van der Waals surface area contributed by atoms with Crippen LogP contribution in [0.4, 0.5) is 0 Å². The zero-order valence-corrected chi connectivity index (χ0v) is 9.44. The van der Waals surface area contributed by atoms with E-state index in [1.54, 1.807) is 0 Å². The number of carbonyl (C=O) groups is 1. The average Bonchev–Trinajstić information content (AvgIpc) is 2.27. The van der Waals surface area contributed by atoms with Gasteiger partial charge in [-0.2, -0.15) is 0 Å². The van der Waals surface area contributed by atoms with Crippen molar-refractivity contribution >= 4 is 5.78 Å². The van der Waals surface area contributed by atoms with Crippen LogP contribution >= 0.6 is 0 Å². The van der Waals surface area contributed by atoms with Gasteiger partial charge in [-0.05, 0) is 12.3 Å². The first kappa shape index (κ1) is 11.7. The lowest BCUT2D eigenvalue weighted by Gasteiger charge is -2.04. The van der Waals surface area contributed by atoms with Crippen molar-refractivity contribution in [2.75, 3.05) is 0 Å². The molecular weight excluding hydrogens is 184 g/mol. The van der Waals surface area contributed by atoms with Gasteiger partial charge in [0.25, 0.3) is 0 Å². The summed E-state index contributed by atoms with van der Waals surface area (Å²) < 4.78 is 0. The van der Waals surface area contributed by atoms with Crippen LogP contribution in [0.25, 0.3) is 0 Å². The van der Waals surface area contributed by atoms with E-state index in [1.165, 1.54) is 0 Å². The van der Waals surface area contributed by atoms with E-state index in [4.69, 9.17) is 0 Å². The molecule has 0 N–H and O–H groups in total. The summed E-state index contributed by atoms with van der Waals surface area (Å²) in [5.74, 6) is 0.557. The second-order valence-corrected chi connectivity index (χ2v) is 3.81. The largest absolute Gasteiger partial charge is 0.294 e. The van der Waals surface area contributed by atoms with Crippen molar-refractivity contribution in [2.24, 2.45) is 5.92 Å². The van der Waals surface area contributed by atoms with E-state index < -0.39 is 0 Å². The summed E-state index contributed by atoms with van der Waals surface area (Å²) in [5, 5.41) is 0. The first-order chi connectivity index (χ1) is 7.24. The fourth-order valence-electron chi connectivity index (χ4n) is 1.47. The highest BCUT2D eigenvalue weighted by atomic mass is 16.1. The van der Waals surface area contributed by atoms with Crippen molar-refractivity contribution in [3.63, 3.8) is 0 Å². The van der Waals surface area contributed by atoms with Gasteiger partial charge in [0.05, 0.1) is 0 Å². The van der Waals surface area contributed by atoms with Crippen molar-refractivity contribution in [1.82, 2.24) is 0 Å². The number of ketones is 1. The third-order valence-electron chi connectivity index (χ3n) is 2.30. The molecule has 0 fully saturated rings. The molecular formula is C14H18O. The molecule has 1 unspecified atom stereocenters. The first-order valence-electron chi connectivity index (χ1n) is 5.49. The molecule has 0 heterocycles. The summed E-state index contributed by atoms with van der Waals surface area (Å²) in [5.41, 5.74) is 0.814. The summed E-state index contributed by atoms with van der Waals surface area (Å²) in [6.07, 6.45) is 5.86. The third-order valence-corrected chi connectivity index (χ3v) is 2.30. The standard InChI is InChI=1S/C14H18O/c1-3-4-8-12(2)11-14(15)13-9-6-5-7-10-13/h4-10,12H,3,11H2,1-2H3. The maximum Gasteiger partial charge on any atom is 0.163 e. The Morgan fingerprint density at radius 3 is 2.60 bits per heavy atom. The van der Waals surface area contributed by atoms with E-state index in [2.05, 4.69) is 26.0 Å². The van der Waals surface area contributed by atoms with Crippen LogP contribution in [0, 0.1) is 5.92 Å². The van der Waals surface area contributed by atoms with Gasteiger partial charge < -0.3 is 0 Å². The zero-order valence-electron chi connectivity index (χ0n) is 9.44. The number of Topliss-reactive ketones (excluding diaryl/α,β-unsaturated/α-hetero) is 1. The minimum absolute atomic E-state index is 0.226. The smallest absolute Gasteiger partial charge is 0.163 e. The molecule has 0 aliphatic heterocycles. The number of hydrogen-bond donors (Lipinski definition) is 0. The van der Waals surface area contributed by atoms with E-state index in [-0.39, 0.29) is 5.78 Å². The van der Waals surface area contributed by atoms with Crippen LogP contribution in [-0.4, -0.2) is 5.78 Å². The Morgan fingerprint density at radius 1 is 1.33 bits per heavy atom. The van der Waals surface area contributed by atoms with Crippen molar-refractivity contribution in [1.29, 1.82) is 0 Å². The highest BCUT2D eigenvalue weighted by Crippen LogP contribution is 2.10. The second kappa shape index (κ2) is 6.18. The lowest BCUT2D eigenvalue weighted by Crippen LogP contribution is -2.03. The maximum absolute atomic E-state index is 11.8. The Kier molecular flexibility index (Phi) is 4.82. The quantitative estimate of drug-likeness (QED) is 0.523. The molecule has 0 amide bonds. The van der Waals surface area contributed by atoms with E-state index in [0.717, 1.165) is 12.0 Å². The Balaban J connectivity index is 2.53. The van der Waals surface area contributed by atoms with Gasteiger partial charge >= 0.3 is 0 Å². The number of carbonyl (C=O) groups excluding carboxylic acids is 1. The van der Waals surface area contributed by atoms with Gasteiger partial charge in [0.2, 0.25) is 0 Å². The molecule has 1 heteroatoms. The van der Waals surface area contributed by atoms with Crippen LogP contribution in [0.2, 0.25) is 0 Å². The van der Waals surface area contributed by atoms with Crippen molar-refractivity contribution < 1.29 is 4.79 Å². The molecule has 1 nitrogen and oxygen atoms in total. The number of benzene rings is 1. The van der Waals surface area contributed by atoms with Crippen LogP contribution < -0.4 is 0 Å². The van der Waals surface area contributed by atoms with Gasteiger partial charge in [-0.1, -0.05) is 56.3 Å². The maximum atomic E-state index is 11.8. The van der Waals surface area contributed by atoms with Crippen LogP contribution in [-0.2, 0) is 0 Å². The first-order valence-corrected chi connectivity index (χ1v) is 5.49. The Bertz CT molecular complexity index is 324. The van der Waals surface area contributed by atoms with E-state index in [1.807, 2.05) is 30.3 Å². The van der Waals surface area contributed by atoms with Gasteiger partial charge in [0.1, 0.15) is 0 Å². The molecule has 1 rings (SSSR count).